The molecule has 2 aromatic carbocycles. The third-order valence-electron chi connectivity index (χ3n) is 14.7. The van der Waals surface area contributed by atoms with Crippen LogP contribution >= 0.6 is 11.6 Å². The zero-order valence-electron chi connectivity index (χ0n) is 39.6. The Morgan fingerprint density at radius 1 is 0.928 bits per heavy atom. The van der Waals surface area contributed by atoms with Gasteiger partial charge in [0.15, 0.2) is 5.82 Å². The molecule has 5 aliphatic rings. The van der Waals surface area contributed by atoms with Crippen molar-refractivity contribution in [2.45, 2.75) is 109 Å². The van der Waals surface area contributed by atoms with Gasteiger partial charge in [0.1, 0.15) is 17.6 Å². The molecule has 364 valence electrons. The predicted octanol–water partition coefficient (Wildman–Crippen LogP) is 9.18. The molecule has 1 aliphatic carbocycles. The topological polar surface area (TPSA) is 155 Å². The molecule has 0 spiro atoms. The number of hydrogen-bond acceptors (Lipinski definition) is 10. The number of aryl methyl sites for hydroxylation is 2. The molecule has 3 fully saturated rings. The lowest BCUT2D eigenvalue weighted by Gasteiger charge is -2.38. The summed E-state index contributed by atoms with van der Waals surface area (Å²) in [6.07, 6.45) is 15.3. The highest BCUT2D eigenvalue weighted by molar-refractivity contribution is 6.31. The lowest BCUT2D eigenvalue weighted by molar-refractivity contribution is -0.129. The first kappa shape index (κ1) is 48.0. The normalized spacial score (nSPS) is 18.3. The number of pyridine rings is 1. The average Bonchev–Trinajstić information content (AvgIpc) is 3.98. The van der Waals surface area contributed by atoms with Crippen molar-refractivity contribution >= 4 is 40.7 Å². The van der Waals surface area contributed by atoms with Gasteiger partial charge in [0.05, 0.1) is 41.0 Å². The van der Waals surface area contributed by atoms with Gasteiger partial charge in [-0.05, 0) is 118 Å². The van der Waals surface area contributed by atoms with E-state index in [1.165, 1.54) is 25.0 Å². The quantitative estimate of drug-likeness (QED) is 0.143. The average molecular weight is 963 g/mol. The first-order valence-corrected chi connectivity index (χ1v) is 25.0. The molecule has 3 aromatic heterocycles. The fourth-order valence-electron chi connectivity index (χ4n) is 10.9. The summed E-state index contributed by atoms with van der Waals surface area (Å²) in [5.74, 6) is 2.65. The van der Waals surface area contributed by atoms with Crippen molar-refractivity contribution in [3.8, 4) is 22.9 Å². The molecule has 0 atom stereocenters. The molecular weight excluding hydrogens is 900 g/mol. The van der Waals surface area contributed by atoms with E-state index in [1.54, 1.807) is 61.5 Å². The van der Waals surface area contributed by atoms with E-state index in [0.717, 1.165) is 125 Å². The van der Waals surface area contributed by atoms with Crippen molar-refractivity contribution in [3.05, 3.63) is 99.6 Å². The number of likely N-dealkylation sites (tertiary alicyclic amines) is 1. The SMILES string of the molecule is CC(=O)N1CCc2c(c(N3CCCc4cc(-c5cnn(C)c5)c(C(F)F)cc43)nn2C2CCN(CC3CCN(c4ccc(C(N)=O)cn4)CC3)CC2)C1.N#Cc1ccc(OC2CCCCC2)cc1Cl. The Labute approximate surface area is 407 Å². The number of carbonyl (C=O) groups excluding carboxylic acids is 2. The van der Waals surface area contributed by atoms with E-state index in [9.17, 15) is 18.4 Å². The number of alkyl halides is 2. The Bertz CT molecular complexity index is 2660. The molecule has 2 N–H and O–H groups in total. The Morgan fingerprint density at radius 2 is 1.71 bits per heavy atom. The van der Waals surface area contributed by atoms with Gasteiger partial charge in [-0.2, -0.15) is 15.5 Å². The van der Waals surface area contributed by atoms with Gasteiger partial charge in [-0.1, -0.05) is 18.0 Å². The van der Waals surface area contributed by atoms with E-state index in [4.69, 9.17) is 32.4 Å². The van der Waals surface area contributed by atoms with Crippen LogP contribution in [0.5, 0.6) is 5.75 Å². The van der Waals surface area contributed by atoms with E-state index in [0.29, 0.717) is 58.9 Å². The van der Waals surface area contributed by atoms with Gasteiger partial charge in [-0.15, -0.1) is 0 Å². The summed E-state index contributed by atoms with van der Waals surface area (Å²) < 4.78 is 39.0. The lowest BCUT2D eigenvalue weighted by atomic mass is 9.92. The van der Waals surface area contributed by atoms with Crippen LogP contribution in [-0.2, 0) is 31.2 Å². The maximum Gasteiger partial charge on any atom is 0.264 e. The Morgan fingerprint density at radius 3 is 2.36 bits per heavy atom. The number of aromatic nitrogens is 5. The Balaban J connectivity index is 0.000000313. The second-order valence-corrected chi connectivity index (χ2v) is 19.7. The molecule has 2 saturated heterocycles. The monoisotopic (exact) mass is 961 g/mol. The summed E-state index contributed by atoms with van der Waals surface area (Å²) in [5, 5.41) is 18.8. The number of benzene rings is 2. The predicted molar refractivity (Wildman–Crippen MR) is 262 cm³/mol. The van der Waals surface area contributed by atoms with Crippen molar-refractivity contribution in [2.24, 2.45) is 18.7 Å². The number of halogens is 3. The largest absolute Gasteiger partial charge is 0.490 e. The number of nitrogens with zero attached hydrogens (tertiary/aromatic N) is 10. The number of fused-ring (bicyclic) bond motifs is 2. The highest BCUT2D eigenvalue weighted by atomic mass is 35.5. The summed E-state index contributed by atoms with van der Waals surface area (Å²) in [7, 11) is 1.79. The molecule has 5 aromatic rings. The molecule has 14 nitrogen and oxygen atoms in total. The van der Waals surface area contributed by atoms with E-state index < -0.39 is 12.3 Å². The molecule has 1 saturated carbocycles. The molecule has 69 heavy (non-hydrogen) atoms. The molecule has 7 heterocycles. The number of piperidine rings is 2. The highest BCUT2D eigenvalue weighted by Crippen LogP contribution is 2.44. The minimum absolute atomic E-state index is 0.00381. The number of rotatable bonds is 10. The third-order valence-corrected chi connectivity index (χ3v) is 15.0. The smallest absolute Gasteiger partial charge is 0.264 e. The summed E-state index contributed by atoms with van der Waals surface area (Å²) in [4.78, 5) is 37.4. The van der Waals surface area contributed by atoms with Gasteiger partial charge >= 0.3 is 0 Å². The Kier molecular flexibility index (Phi) is 14.8. The second-order valence-electron chi connectivity index (χ2n) is 19.3. The van der Waals surface area contributed by atoms with Crippen LogP contribution in [0.3, 0.4) is 0 Å². The number of amides is 2. The summed E-state index contributed by atoms with van der Waals surface area (Å²) in [6, 6.07) is 14.7. The van der Waals surface area contributed by atoms with Crippen molar-refractivity contribution < 1.29 is 23.1 Å². The zero-order valence-corrected chi connectivity index (χ0v) is 40.4. The number of anilines is 3. The van der Waals surface area contributed by atoms with Crippen LogP contribution in [0.4, 0.5) is 26.1 Å². The number of ether oxygens (including phenoxy) is 1. The van der Waals surface area contributed by atoms with Crippen LogP contribution in [0.2, 0.25) is 5.02 Å². The van der Waals surface area contributed by atoms with Crippen LogP contribution in [0.15, 0.2) is 61.1 Å². The lowest BCUT2D eigenvalue weighted by Crippen LogP contribution is -2.42. The van der Waals surface area contributed by atoms with Crippen molar-refractivity contribution in [1.82, 2.24) is 34.3 Å². The zero-order chi connectivity index (χ0) is 48.2. The molecule has 17 heteroatoms. The fourth-order valence-corrected chi connectivity index (χ4v) is 11.1. The van der Waals surface area contributed by atoms with E-state index in [1.807, 2.05) is 29.2 Å². The fraction of sp³-hybridized carbons (Fsp3) is 0.500. The molecule has 0 unspecified atom stereocenters. The minimum atomic E-state index is -2.64. The first-order valence-electron chi connectivity index (χ1n) is 24.6. The Hall–Kier alpha value is -6.05. The van der Waals surface area contributed by atoms with Crippen LogP contribution in [0, 0.1) is 17.2 Å². The molecule has 0 bridgehead atoms. The number of hydrogen-bond donors (Lipinski definition) is 1. The van der Waals surface area contributed by atoms with E-state index in [-0.39, 0.29) is 17.5 Å². The highest BCUT2D eigenvalue weighted by Gasteiger charge is 2.35. The number of carbonyl (C=O) groups is 2. The maximum absolute atomic E-state index is 14.7. The van der Waals surface area contributed by atoms with Gasteiger partial charge in [0, 0.05) is 113 Å². The van der Waals surface area contributed by atoms with Gasteiger partial charge in [0.25, 0.3) is 6.43 Å². The summed E-state index contributed by atoms with van der Waals surface area (Å²) in [6.45, 7) is 8.34. The first-order chi connectivity index (χ1) is 33.4. The summed E-state index contributed by atoms with van der Waals surface area (Å²) >= 11 is 5.94. The third kappa shape index (κ3) is 10.9. The van der Waals surface area contributed by atoms with Gasteiger partial charge in [-0.3, -0.25) is 19.0 Å². The van der Waals surface area contributed by atoms with Crippen LogP contribution in [-0.4, -0.2) is 98.1 Å². The maximum atomic E-state index is 14.7. The molecule has 2 amide bonds. The van der Waals surface area contributed by atoms with Gasteiger partial charge < -0.3 is 30.1 Å². The molecule has 10 rings (SSSR count). The number of nitrogens with two attached hydrogens (primary N) is 1. The van der Waals surface area contributed by atoms with Crippen LogP contribution in [0.1, 0.15) is 122 Å². The van der Waals surface area contributed by atoms with E-state index in [2.05, 4.69) is 29.5 Å². The molecule has 0 radical (unpaired) electrons. The van der Waals surface area contributed by atoms with Gasteiger partial charge in [-0.25, -0.2) is 13.8 Å². The molecular formula is C52H62ClF2N11O3. The number of primary amides is 1. The van der Waals surface area contributed by atoms with Crippen LogP contribution in [0.25, 0.3) is 11.1 Å². The van der Waals surface area contributed by atoms with E-state index >= 15 is 0 Å². The standard InChI is InChI=1S/C39H48F2N10O2.C13H14ClNO/c1-25(52)49-17-11-34-33(24-49)39(50-12-3-4-27-18-31(29-21-44-46(2)23-29)32(37(40)41)19-35(27)50)45-51(34)30-9-13-47(14-10-30)22-26-7-15-48(16-8-26)36-6-5-28(20-43-36)38(42)53;14-13-8-12(7-6-10(13)9-15)16-11-4-2-1-3-5-11/h5-6,18-21,23,26,30,37H,3-4,7-17,22,24H2,1-2H3,(H2,42,53);6-8,11H,1-5H2. The molecule has 4 aliphatic heterocycles. The van der Waals surface area contributed by atoms with Crippen molar-refractivity contribution in [1.29, 1.82) is 5.26 Å². The van der Waals surface area contributed by atoms with Crippen LogP contribution < -0.4 is 20.3 Å². The van der Waals surface area contributed by atoms with Crippen molar-refractivity contribution in [3.63, 3.8) is 0 Å². The van der Waals surface area contributed by atoms with Gasteiger partial charge in [0.2, 0.25) is 11.8 Å². The number of nitriles is 1. The second kappa shape index (κ2) is 21.3. The van der Waals surface area contributed by atoms with Crippen molar-refractivity contribution in [2.75, 3.05) is 55.6 Å². The summed E-state index contributed by atoms with van der Waals surface area (Å²) in [5.41, 5.74) is 11.5. The minimum Gasteiger partial charge on any atom is -0.490 e.